The molecule has 3 aromatic carbocycles. The van der Waals surface area contributed by atoms with Gasteiger partial charge in [0.1, 0.15) is 17.1 Å². The number of ether oxygens (including phenoxy) is 5. The van der Waals surface area contributed by atoms with Crippen LogP contribution in [-0.2, 0) is 0 Å². The first-order valence-corrected chi connectivity index (χ1v) is 10.2. The molecule has 0 saturated carbocycles. The van der Waals surface area contributed by atoms with Crippen LogP contribution in [0.25, 0.3) is 22.1 Å². The summed E-state index contributed by atoms with van der Waals surface area (Å²) >= 11 is 0. The Morgan fingerprint density at radius 1 is 0.735 bits per heavy atom. The molecule has 0 radical (unpaired) electrons. The number of methoxy groups -OCH3 is 4. The molecule has 0 aliphatic carbocycles. The third-order valence-electron chi connectivity index (χ3n) is 5.23. The molecule has 0 aliphatic heterocycles. The molecule has 0 N–H and O–H groups in total. The highest BCUT2D eigenvalue weighted by molar-refractivity contribution is 5.96. The van der Waals surface area contributed by atoms with Gasteiger partial charge in [0.2, 0.25) is 5.75 Å². The number of esters is 1. The molecule has 0 aliphatic rings. The smallest absolute Gasteiger partial charge is 0.343 e. The molecule has 174 valence electrons. The number of hydrogen-bond donors (Lipinski definition) is 0. The molecule has 4 rings (SSSR count). The molecule has 0 unspecified atom stereocenters. The molecule has 4 aromatic rings. The van der Waals surface area contributed by atoms with E-state index in [-0.39, 0.29) is 16.9 Å². The van der Waals surface area contributed by atoms with E-state index in [2.05, 4.69) is 0 Å². The lowest BCUT2D eigenvalue weighted by Crippen LogP contribution is -2.10. The average Bonchev–Trinajstić information content (AvgIpc) is 2.87. The van der Waals surface area contributed by atoms with E-state index in [1.165, 1.54) is 45.6 Å². The normalized spacial score (nSPS) is 10.6. The Balaban J connectivity index is 1.68. The van der Waals surface area contributed by atoms with E-state index in [0.29, 0.717) is 33.9 Å². The second-order valence-electron chi connectivity index (χ2n) is 7.17. The number of rotatable bonds is 7. The van der Waals surface area contributed by atoms with Gasteiger partial charge in [-0.15, -0.1) is 0 Å². The quantitative estimate of drug-likeness (QED) is 0.221. The van der Waals surface area contributed by atoms with Gasteiger partial charge in [0, 0.05) is 17.5 Å². The van der Waals surface area contributed by atoms with E-state index in [4.69, 9.17) is 28.1 Å². The molecule has 34 heavy (non-hydrogen) atoms. The van der Waals surface area contributed by atoms with E-state index >= 15 is 0 Å². The number of benzene rings is 3. The van der Waals surface area contributed by atoms with Crippen molar-refractivity contribution < 1.29 is 32.9 Å². The van der Waals surface area contributed by atoms with Crippen LogP contribution in [0.4, 0.5) is 0 Å². The van der Waals surface area contributed by atoms with Crippen LogP contribution in [0.15, 0.2) is 69.9 Å². The molecule has 0 bridgehead atoms. The summed E-state index contributed by atoms with van der Waals surface area (Å²) in [6.45, 7) is 0. The topological polar surface area (TPSA) is 93.4 Å². The Hall–Kier alpha value is -4.46. The van der Waals surface area contributed by atoms with Gasteiger partial charge < -0.3 is 28.1 Å². The van der Waals surface area contributed by atoms with Gasteiger partial charge in [-0.1, -0.05) is 12.1 Å². The first-order chi connectivity index (χ1) is 16.5. The van der Waals surface area contributed by atoms with Gasteiger partial charge in [0.25, 0.3) is 0 Å². The van der Waals surface area contributed by atoms with E-state index in [9.17, 15) is 9.59 Å². The van der Waals surface area contributed by atoms with Crippen molar-refractivity contribution in [2.75, 3.05) is 28.4 Å². The van der Waals surface area contributed by atoms with E-state index < -0.39 is 11.6 Å². The second kappa shape index (κ2) is 9.58. The summed E-state index contributed by atoms with van der Waals surface area (Å²) in [6, 6.07) is 16.6. The summed E-state index contributed by atoms with van der Waals surface area (Å²) in [5, 5.41) is 0.692. The number of carbonyl (C=O) groups excluding carboxylic acids is 1. The highest BCUT2D eigenvalue weighted by atomic mass is 16.5. The SMILES string of the molecule is COc1ccc(-c2cc(=O)oc3cc(OC(=O)c4cc(OC)c(OC)c(OC)c4)ccc23)cc1. The van der Waals surface area contributed by atoms with Crippen LogP contribution in [0.1, 0.15) is 10.4 Å². The van der Waals surface area contributed by atoms with Crippen molar-refractivity contribution >= 4 is 16.9 Å². The minimum absolute atomic E-state index is 0.197. The van der Waals surface area contributed by atoms with Gasteiger partial charge in [-0.2, -0.15) is 0 Å². The molecule has 1 aromatic heterocycles. The van der Waals surface area contributed by atoms with Crippen LogP contribution >= 0.6 is 0 Å². The van der Waals surface area contributed by atoms with Crippen LogP contribution < -0.4 is 29.3 Å². The first-order valence-electron chi connectivity index (χ1n) is 10.2. The maximum atomic E-state index is 12.8. The van der Waals surface area contributed by atoms with Crippen LogP contribution in [0.5, 0.6) is 28.7 Å². The minimum Gasteiger partial charge on any atom is -0.497 e. The number of hydrogen-bond acceptors (Lipinski definition) is 8. The van der Waals surface area contributed by atoms with Crippen molar-refractivity contribution in [2.45, 2.75) is 0 Å². The standard InChI is InChI=1S/C26H22O8/c1-29-17-7-5-15(6-8-17)20-14-24(27)34-21-13-18(9-10-19(20)21)33-26(28)16-11-22(30-2)25(32-4)23(12-16)31-3/h5-14H,1-4H3. The molecular formula is C26H22O8. The molecule has 0 amide bonds. The third kappa shape index (κ3) is 4.38. The molecule has 0 spiro atoms. The van der Waals surface area contributed by atoms with Gasteiger partial charge in [-0.3, -0.25) is 0 Å². The number of carbonyl (C=O) groups is 1. The Morgan fingerprint density at radius 2 is 1.38 bits per heavy atom. The maximum absolute atomic E-state index is 12.8. The Kier molecular flexibility index (Phi) is 6.40. The number of fused-ring (bicyclic) bond motifs is 1. The molecule has 8 heteroatoms. The predicted octanol–water partition coefficient (Wildman–Crippen LogP) is 4.71. The van der Waals surface area contributed by atoms with Gasteiger partial charge in [0.05, 0.1) is 34.0 Å². The van der Waals surface area contributed by atoms with Crippen molar-refractivity contribution in [3.8, 4) is 39.9 Å². The monoisotopic (exact) mass is 462 g/mol. The zero-order chi connectivity index (χ0) is 24.2. The lowest BCUT2D eigenvalue weighted by atomic mass is 10.0. The van der Waals surface area contributed by atoms with Crippen molar-refractivity contribution in [2.24, 2.45) is 0 Å². The highest BCUT2D eigenvalue weighted by Crippen LogP contribution is 2.38. The summed E-state index contributed by atoms with van der Waals surface area (Å²) < 4.78 is 32.0. The van der Waals surface area contributed by atoms with Crippen molar-refractivity contribution in [1.82, 2.24) is 0 Å². The summed E-state index contributed by atoms with van der Waals surface area (Å²) in [7, 11) is 5.97. The summed E-state index contributed by atoms with van der Waals surface area (Å²) in [6.07, 6.45) is 0. The third-order valence-corrected chi connectivity index (χ3v) is 5.23. The Morgan fingerprint density at radius 3 is 1.97 bits per heavy atom. The molecule has 1 heterocycles. The predicted molar refractivity (Wildman–Crippen MR) is 126 cm³/mol. The lowest BCUT2D eigenvalue weighted by Gasteiger charge is -2.14. The molecular weight excluding hydrogens is 440 g/mol. The lowest BCUT2D eigenvalue weighted by molar-refractivity contribution is 0.0734. The minimum atomic E-state index is -0.646. The van der Waals surface area contributed by atoms with Crippen LogP contribution in [0, 0.1) is 0 Å². The maximum Gasteiger partial charge on any atom is 0.343 e. The Bertz CT molecular complexity index is 1380. The Labute approximate surface area is 195 Å². The summed E-state index contributed by atoms with van der Waals surface area (Å²) in [4.78, 5) is 25.0. The van der Waals surface area contributed by atoms with Crippen LogP contribution in [0.3, 0.4) is 0 Å². The van der Waals surface area contributed by atoms with Gasteiger partial charge in [-0.25, -0.2) is 9.59 Å². The first kappa shape index (κ1) is 22.7. The average molecular weight is 462 g/mol. The van der Waals surface area contributed by atoms with E-state index in [0.717, 1.165) is 5.56 Å². The van der Waals surface area contributed by atoms with Gasteiger partial charge >= 0.3 is 11.6 Å². The fourth-order valence-electron chi connectivity index (χ4n) is 3.58. The fraction of sp³-hybridized carbons (Fsp3) is 0.154. The molecule has 0 atom stereocenters. The van der Waals surface area contributed by atoms with Crippen LogP contribution in [-0.4, -0.2) is 34.4 Å². The van der Waals surface area contributed by atoms with Gasteiger partial charge in [0.15, 0.2) is 11.5 Å². The highest BCUT2D eigenvalue weighted by Gasteiger charge is 2.19. The fourth-order valence-corrected chi connectivity index (χ4v) is 3.58. The van der Waals surface area contributed by atoms with Crippen molar-refractivity contribution in [3.63, 3.8) is 0 Å². The van der Waals surface area contributed by atoms with Crippen molar-refractivity contribution in [3.05, 3.63) is 76.6 Å². The van der Waals surface area contributed by atoms with Gasteiger partial charge in [-0.05, 0) is 47.5 Å². The summed E-state index contributed by atoms with van der Waals surface area (Å²) in [5.41, 5.74) is 1.47. The molecule has 8 nitrogen and oxygen atoms in total. The second-order valence-corrected chi connectivity index (χ2v) is 7.17. The largest absolute Gasteiger partial charge is 0.497 e. The summed E-state index contributed by atoms with van der Waals surface area (Å²) in [5.74, 6) is 1.27. The van der Waals surface area contributed by atoms with E-state index in [1.807, 2.05) is 24.3 Å². The van der Waals surface area contributed by atoms with E-state index in [1.54, 1.807) is 19.2 Å². The zero-order valence-electron chi connectivity index (χ0n) is 19.0. The molecule has 0 fully saturated rings. The zero-order valence-corrected chi connectivity index (χ0v) is 19.0. The molecule has 0 saturated heterocycles. The van der Waals surface area contributed by atoms with Crippen LogP contribution in [0.2, 0.25) is 0 Å². The van der Waals surface area contributed by atoms with Crippen molar-refractivity contribution in [1.29, 1.82) is 0 Å².